The minimum absolute atomic E-state index is 0.0384. The molecule has 3 aromatic heterocycles. The van der Waals surface area contributed by atoms with Crippen molar-refractivity contribution in [3.8, 4) is 11.3 Å². The molecule has 3 aliphatic heterocycles. The lowest BCUT2D eigenvalue weighted by molar-refractivity contribution is -0.111. The molecular formula is C51H62FN11O4. The summed E-state index contributed by atoms with van der Waals surface area (Å²) < 4.78 is 18.2. The van der Waals surface area contributed by atoms with Crippen LogP contribution in [-0.4, -0.2) is 92.3 Å². The van der Waals surface area contributed by atoms with Gasteiger partial charge in [0.15, 0.2) is 5.82 Å². The van der Waals surface area contributed by atoms with Crippen LogP contribution in [0.5, 0.6) is 0 Å². The fourth-order valence-electron chi connectivity index (χ4n) is 10.7. The first kappa shape index (κ1) is 45.8. The van der Waals surface area contributed by atoms with Crippen molar-refractivity contribution in [2.75, 3.05) is 64.6 Å². The fraction of sp³-hybridized carbons (Fsp3) is 0.431. The predicted molar refractivity (Wildman–Crippen MR) is 262 cm³/mol. The summed E-state index contributed by atoms with van der Waals surface area (Å²) in [5.41, 5.74) is 13.2. The summed E-state index contributed by atoms with van der Waals surface area (Å²) in [5.74, 6) is -0.422. The van der Waals surface area contributed by atoms with Crippen molar-refractivity contribution in [3.05, 3.63) is 118 Å². The first-order chi connectivity index (χ1) is 31.9. The number of carbonyl (C=O) groups excluding carboxylic acids is 2. The average molecular weight is 912 g/mol. The average Bonchev–Trinajstić information content (AvgIpc) is 3.79. The second-order valence-electron chi connectivity index (χ2n) is 20.0. The molecule has 2 aromatic carbocycles. The molecule has 0 bridgehead atoms. The van der Waals surface area contributed by atoms with Crippen LogP contribution in [0.4, 0.5) is 38.8 Å². The van der Waals surface area contributed by atoms with Crippen LogP contribution in [0.2, 0.25) is 0 Å². The number of carbonyl (C=O) groups is 2. The Morgan fingerprint density at radius 1 is 1.03 bits per heavy atom. The first-order valence-electron chi connectivity index (χ1n) is 23.3. The molecule has 0 saturated carbocycles. The van der Waals surface area contributed by atoms with Gasteiger partial charge in [-0.05, 0) is 112 Å². The molecule has 67 heavy (non-hydrogen) atoms. The van der Waals surface area contributed by atoms with Gasteiger partial charge >= 0.3 is 0 Å². The van der Waals surface area contributed by atoms with Gasteiger partial charge in [0.1, 0.15) is 17.3 Å². The molecule has 1 atom stereocenters. The molecule has 0 spiro atoms. The van der Waals surface area contributed by atoms with Crippen molar-refractivity contribution >= 4 is 46.2 Å². The van der Waals surface area contributed by atoms with Crippen LogP contribution in [0.3, 0.4) is 0 Å². The molecule has 352 valence electrons. The summed E-state index contributed by atoms with van der Waals surface area (Å²) in [6, 6.07) is 15.1. The number of rotatable bonds is 11. The van der Waals surface area contributed by atoms with Crippen LogP contribution in [0.15, 0.2) is 78.4 Å². The van der Waals surface area contributed by atoms with Crippen LogP contribution in [0, 0.1) is 11.2 Å². The number of hydrogen-bond donors (Lipinski definition) is 4. The van der Waals surface area contributed by atoms with Gasteiger partial charge in [-0.25, -0.2) is 14.4 Å². The van der Waals surface area contributed by atoms with E-state index in [4.69, 9.17) is 10.7 Å². The number of fused-ring (bicyclic) bond motifs is 3. The highest BCUT2D eigenvalue weighted by Crippen LogP contribution is 2.41. The van der Waals surface area contributed by atoms with Gasteiger partial charge in [-0.3, -0.25) is 24.2 Å². The van der Waals surface area contributed by atoms with Gasteiger partial charge in [-0.2, -0.15) is 0 Å². The van der Waals surface area contributed by atoms with Gasteiger partial charge in [0.25, 0.3) is 11.5 Å². The Morgan fingerprint density at radius 2 is 1.81 bits per heavy atom. The van der Waals surface area contributed by atoms with Gasteiger partial charge in [-0.15, -0.1) is 0 Å². The lowest BCUT2D eigenvalue weighted by Crippen LogP contribution is -2.57. The number of aryl methyl sites for hydroxylation is 1. The van der Waals surface area contributed by atoms with E-state index in [1.54, 1.807) is 36.5 Å². The van der Waals surface area contributed by atoms with Crippen molar-refractivity contribution in [1.29, 1.82) is 0 Å². The maximum Gasteiger partial charge on any atom is 0.293 e. The van der Waals surface area contributed by atoms with Crippen molar-refractivity contribution < 1.29 is 19.1 Å². The lowest BCUT2D eigenvalue weighted by Gasteiger charge is -2.47. The number of piperazine rings is 1. The van der Waals surface area contributed by atoms with Crippen LogP contribution in [0.1, 0.15) is 80.3 Å². The molecule has 1 aliphatic carbocycles. The second kappa shape index (κ2) is 17.7. The van der Waals surface area contributed by atoms with E-state index < -0.39 is 12.1 Å². The number of hydrogen-bond acceptors (Lipinski definition) is 11. The number of halogens is 1. The number of piperidine rings is 1. The molecule has 5 aromatic rings. The maximum atomic E-state index is 14.6. The number of anilines is 6. The van der Waals surface area contributed by atoms with E-state index >= 15 is 0 Å². The summed E-state index contributed by atoms with van der Waals surface area (Å²) in [7, 11) is 1.63. The first-order valence-corrected chi connectivity index (χ1v) is 23.3. The number of amides is 2. The summed E-state index contributed by atoms with van der Waals surface area (Å²) >= 11 is 0. The summed E-state index contributed by atoms with van der Waals surface area (Å²) in [6.45, 7) is 18.8. The van der Waals surface area contributed by atoms with Gasteiger partial charge in [0.05, 0.1) is 23.7 Å². The van der Waals surface area contributed by atoms with E-state index in [0.717, 1.165) is 69.8 Å². The number of pyridine rings is 1. The fourth-order valence-corrected chi connectivity index (χ4v) is 10.7. The highest BCUT2D eigenvalue weighted by molar-refractivity contribution is 6.06. The third-order valence-electron chi connectivity index (χ3n) is 14.1. The number of nitrogens with zero attached hydrogens (tertiary/aromatic N) is 8. The predicted octanol–water partition coefficient (Wildman–Crippen LogP) is 6.30. The Morgan fingerprint density at radius 3 is 2.52 bits per heavy atom. The van der Waals surface area contributed by atoms with Crippen LogP contribution in [-0.2, 0) is 43.4 Å². The molecule has 9 rings (SSSR count). The lowest BCUT2D eigenvalue weighted by atomic mass is 9.90. The minimum atomic E-state index is -0.772. The molecule has 2 saturated heterocycles. The van der Waals surface area contributed by atoms with E-state index in [1.807, 2.05) is 44.2 Å². The zero-order valence-electron chi connectivity index (χ0n) is 39.4. The van der Waals surface area contributed by atoms with E-state index in [1.165, 1.54) is 28.0 Å². The van der Waals surface area contributed by atoms with Crippen LogP contribution >= 0.6 is 0 Å². The van der Waals surface area contributed by atoms with Crippen LogP contribution in [0.25, 0.3) is 11.3 Å². The number of aliphatic hydroxyl groups excluding tert-OH is 1. The van der Waals surface area contributed by atoms with E-state index in [9.17, 15) is 23.9 Å². The Kier molecular flexibility index (Phi) is 12.1. The molecule has 2 amide bonds. The molecular weight excluding hydrogens is 850 g/mol. The summed E-state index contributed by atoms with van der Waals surface area (Å²) in [5, 5.41) is 17.0. The normalized spacial score (nSPS) is 18.8. The largest absolute Gasteiger partial charge is 0.392 e. The minimum Gasteiger partial charge on any atom is -0.392 e. The third kappa shape index (κ3) is 8.85. The number of nitrogens with one attached hydrogen (secondary N) is 2. The Hall–Kier alpha value is -6.36. The number of aromatic nitrogens is 4. The van der Waals surface area contributed by atoms with Crippen molar-refractivity contribution in [1.82, 2.24) is 24.0 Å². The molecule has 15 nitrogen and oxygen atoms in total. The standard InChI is InChI=1S/C51H62FN11O4/c1-8-45(65)56-40-24-33(9-12-42(40)61-20-19-60(28-31(61)2)34-14-17-59(18-15-34)35-10-11-39(52)38(25-35)51(5,6)53)55-46-49(67)58(7)29-41(57-46)36-13-16-54-47(37(36)30-64)63-22-21-62-43(48(63)66)23-32-26-50(3,4)27-44(32)62/h8-13,16,23-25,29,31,34,64H,1,14-15,17-22,26-28,30,53H2,2-7H3,(H,55,57)(H,56,65)/t31-/m0/s1. The molecule has 0 unspecified atom stereocenters. The molecule has 2 fully saturated rings. The monoisotopic (exact) mass is 911 g/mol. The Bertz CT molecular complexity index is 2820. The topological polar surface area (TPSA) is 170 Å². The summed E-state index contributed by atoms with van der Waals surface area (Å²) in [4.78, 5) is 58.8. The smallest absolute Gasteiger partial charge is 0.293 e. The summed E-state index contributed by atoms with van der Waals surface area (Å²) in [6.07, 6.45) is 8.24. The number of aliphatic hydroxyl groups is 1. The van der Waals surface area contributed by atoms with Crippen LogP contribution < -0.4 is 36.6 Å². The molecule has 5 N–H and O–H groups in total. The molecule has 16 heteroatoms. The van der Waals surface area contributed by atoms with Crippen molar-refractivity contribution in [3.63, 3.8) is 0 Å². The SMILES string of the molecule is C=CC(=O)Nc1cc(Nc2nc(-c3ccnc(N4CCn5c(cc6c5CC(C)(C)C6)C4=O)c3CO)cn(C)c2=O)ccc1N1CCN(C2CCN(c3ccc(F)c(C(C)(C)N)c3)CC2)C[C@@H]1C. The number of benzene rings is 2. The van der Waals surface area contributed by atoms with Gasteiger partial charge in [-0.1, -0.05) is 20.4 Å². The van der Waals surface area contributed by atoms with Gasteiger partial charge in [0.2, 0.25) is 5.91 Å². The number of nitrogens with two attached hydrogens (primary N) is 1. The second-order valence-corrected chi connectivity index (χ2v) is 20.0. The van der Waals surface area contributed by atoms with Crippen molar-refractivity contribution in [2.45, 2.75) is 91.1 Å². The van der Waals surface area contributed by atoms with E-state index in [0.29, 0.717) is 64.4 Å². The molecule has 0 radical (unpaired) electrons. The quantitative estimate of drug-likeness (QED) is 0.110. The Labute approximate surface area is 391 Å². The van der Waals surface area contributed by atoms with Crippen molar-refractivity contribution in [2.24, 2.45) is 18.2 Å². The third-order valence-corrected chi connectivity index (χ3v) is 14.1. The molecule has 4 aliphatic rings. The maximum absolute atomic E-state index is 14.6. The van der Waals surface area contributed by atoms with E-state index in [-0.39, 0.29) is 40.5 Å². The Balaban J connectivity index is 0.916. The van der Waals surface area contributed by atoms with Gasteiger partial charge < -0.3 is 40.4 Å². The highest BCUT2D eigenvalue weighted by Gasteiger charge is 2.38. The highest BCUT2D eigenvalue weighted by atomic mass is 19.1. The zero-order chi connectivity index (χ0) is 47.5. The molecule has 6 heterocycles. The van der Waals surface area contributed by atoms with Gasteiger partial charge in [0, 0.05) is 117 Å². The van der Waals surface area contributed by atoms with E-state index in [2.05, 4.69) is 62.2 Å². The zero-order valence-corrected chi connectivity index (χ0v) is 39.4.